The first-order valence-electron chi connectivity index (χ1n) is 5.59. The van der Waals surface area contributed by atoms with E-state index in [4.69, 9.17) is 19.7 Å². The molecule has 0 aromatic carbocycles. The van der Waals surface area contributed by atoms with Gasteiger partial charge in [-0.05, 0) is 12.5 Å². The Balaban J connectivity index is 2.96. The van der Waals surface area contributed by atoms with Crippen LogP contribution in [0, 0.1) is 0 Å². The van der Waals surface area contributed by atoms with Crippen LogP contribution in [-0.2, 0) is 23.8 Å². The van der Waals surface area contributed by atoms with Crippen LogP contribution in [0.1, 0.15) is 20.8 Å². The Labute approximate surface area is 109 Å². The van der Waals surface area contributed by atoms with E-state index in [1.807, 2.05) is 0 Å². The first-order valence-corrected chi connectivity index (χ1v) is 5.59. The zero-order valence-corrected chi connectivity index (χ0v) is 10.7. The molecule has 106 valence electrons. The van der Waals surface area contributed by atoms with Gasteiger partial charge in [0.05, 0.1) is 12.1 Å². The fourth-order valence-electron chi connectivity index (χ4n) is 1.80. The van der Waals surface area contributed by atoms with E-state index in [2.05, 4.69) is 10.0 Å². The van der Waals surface area contributed by atoms with Gasteiger partial charge in [0, 0.05) is 18.8 Å². The van der Waals surface area contributed by atoms with Gasteiger partial charge in [0.15, 0.2) is 6.10 Å². The zero-order chi connectivity index (χ0) is 14.6. The van der Waals surface area contributed by atoms with E-state index in [0.717, 1.165) is 13.8 Å². The lowest BCUT2D eigenvalue weighted by Gasteiger charge is -2.40. The average Bonchev–Trinajstić information content (AvgIpc) is 2.28. The summed E-state index contributed by atoms with van der Waals surface area (Å²) >= 11 is 0. The third-order valence-corrected chi connectivity index (χ3v) is 2.55. The van der Waals surface area contributed by atoms with Crippen molar-refractivity contribution in [3.63, 3.8) is 0 Å². The quantitative estimate of drug-likeness (QED) is 0.339. The molecule has 1 heterocycles. The standard InChI is InChI=1S/C10H15N3O6/c1-4-7(12-13-11)8(16)9(18-5(2)14)10(17-4)19-6(3)15/h4,7-10,16H,1-3H3/t4?,7-,8?,9-,10?/m1/s1. The summed E-state index contributed by atoms with van der Waals surface area (Å²) in [6.07, 6.45) is -4.50. The van der Waals surface area contributed by atoms with Gasteiger partial charge in [-0.25, -0.2) is 0 Å². The molecule has 0 saturated carbocycles. The van der Waals surface area contributed by atoms with E-state index in [-0.39, 0.29) is 0 Å². The molecule has 0 radical (unpaired) electrons. The summed E-state index contributed by atoms with van der Waals surface area (Å²) < 4.78 is 15.0. The van der Waals surface area contributed by atoms with Crippen LogP contribution < -0.4 is 0 Å². The molecule has 1 rings (SSSR count). The Kier molecular flexibility index (Phi) is 5.11. The zero-order valence-electron chi connectivity index (χ0n) is 10.7. The second-order valence-corrected chi connectivity index (χ2v) is 4.08. The lowest BCUT2D eigenvalue weighted by atomic mass is 9.97. The molecule has 0 aliphatic carbocycles. The smallest absolute Gasteiger partial charge is 0.305 e. The monoisotopic (exact) mass is 273 g/mol. The Morgan fingerprint density at radius 3 is 2.37 bits per heavy atom. The predicted octanol–water partition coefficient (Wildman–Crippen LogP) is 0.266. The van der Waals surface area contributed by atoms with Gasteiger partial charge in [0.25, 0.3) is 0 Å². The Morgan fingerprint density at radius 2 is 1.89 bits per heavy atom. The van der Waals surface area contributed by atoms with Gasteiger partial charge in [-0.1, -0.05) is 5.11 Å². The molecule has 1 aliphatic rings. The fraction of sp³-hybridized carbons (Fsp3) is 0.800. The van der Waals surface area contributed by atoms with Crippen molar-refractivity contribution in [1.82, 2.24) is 0 Å². The molecule has 9 heteroatoms. The lowest BCUT2D eigenvalue weighted by molar-refractivity contribution is -0.265. The summed E-state index contributed by atoms with van der Waals surface area (Å²) in [6, 6.07) is -0.943. The maximum atomic E-state index is 11.0. The number of aliphatic hydroxyl groups is 1. The molecule has 5 atom stereocenters. The number of aliphatic hydroxyl groups excluding tert-OH is 1. The fourth-order valence-corrected chi connectivity index (χ4v) is 1.80. The molecule has 0 amide bonds. The number of carbonyl (C=O) groups is 2. The second kappa shape index (κ2) is 6.37. The van der Waals surface area contributed by atoms with E-state index in [1.54, 1.807) is 6.92 Å². The molecule has 1 aliphatic heterocycles. The summed E-state index contributed by atoms with van der Waals surface area (Å²) in [6.45, 7) is 3.84. The number of rotatable bonds is 3. The van der Waals surface area contributed by atoms with E-state index in [1.165, 1.54) is 0 Å². The van der Waals surface area contributed by atoms with E-state index >= 15 is 0 Å². The van der Waals surface area contributed by atoms with Gasteiger partial charge >= 0.3 is 11.9 Å². The highest BCUT2D eigenvalue weighted by atomic mass is 16.7. The van der Waals surface area contributed by atoms with E-state index in [0.29, 0.717) is 0 Å². The summed E-state index contributed by atoms with van der Waals surface area (Å²) in [5.41, 5.74) is 8.43. The van der Waals surface area contributed by atoms with Crippen LogP contribution in [0.25, 0.3) is 10.4 Å². The minimum atomic E-state index is -1.33. The van der Waals surface area contributed by atoms with Crippen LogP contribution in [0.5, 0.6) is 0 Å². The van der Waals surface area contributed by atoms with Crippen molar-refractivity contribution in [3.05, 3.63) is 10.4 Å². The molecule has 19 heavy (non-hydrogen) atoms. The van der Waals surface area contributed by atoms with Crippen LogP contribution in [0.4, 0.5) is 0 Å². The molecule has 1 N–H and O–H groups in total. The first kappa shape index (κ1) is 15.2. The van der Waals surface area contributed by atoms with Gasteiger partial charge in [0.1, 0.15) is 6.10 Å². The van der Waals surface area contributed by atoms with Crippen molar-refractivity contribution >= 4 is 11.9 Å². The van der Waals surface area contributed by atoms with Crippen LogP contribution in [0.2, 0.25) is 0 Å². The number of azide groups is 1. The minimum Gasteiger partial charge on any atom is -0.453 e. The van der Waals surface area contributed by atoms with Gasteiger partial charge in [-0.15, -0.1) is 0 Å². The minimum absolute atomic E-state index is 0.649. The molecular formula is C10H15N3O6. The summed E-state index contributed by atoms with van der Waals surface area (Å²) in [4.78, 5) is 24.6. The third kappa shape index (κ3) is 3.82. The molecule has 1 fully saturated rings. The van der Waals surface area contributed by atoms with Gasteiger partial charge in [0.2, 0.25) is 6.29 Å². The van der Waals surface area contributed by atoms with E-state index in [9.17, 15) is 14.7 Å². The van der Waals surface area contributed by atoms with E-state index < -0.39 is 42.6 Å². The normalized spacial score (nSPS) is 34.0. The second-order valence-electron chi connectivity index (χ2n) is 4.08. The number of nitrogens with zero attached hydrogens (tertiary/aromatic N) is 3. The lowest BCUT2D eigenvalue weighted by Crippen LogP contribution is -2.58. The molecule has 1 saturated heterocycles. The van der Waals surface area contributed by atoms with Crippen molar-refractivity contribution < 1.29 is 28.9 Å². The SMILES string of the molecule is CC(=O)OC1OC(C)[C@@H](N=[N+]=[N-])C(O)[C@H]1OC(C)=O. The summed E-state index contributed by atoms with van der Waals surface area (Å²) in [5.74, 6) is -1.33. The molecule has 0 aromatic rings. The number of hydrogen-bond acceptors (Lipinski definition) is 7. The maximum absolute atomic E-state index is 11.0. The summed E-state index contributed by atoms with van der Waals surface area (Å²) in [5, 5.41) is 13.4. The van der Waals surface area contributed by atoms with Crippen LogP contribution in [0.15, 0.2) is 5.11 Å². The topological polar surface area (TPSA) is 131 Å². The van der Waals surface area contributed by atoms with Crippen molar-refractivity contribution in [2.24, 2.45) is 5.11 Å². The molecule has 0 bridgehead atoms. The third-order valence-electron chi connectivity index (χ3n) is 2.55. The predicted molar refractivity (Wildman–Crippen MR) is 60.6 cm³/mol. The van der Waals surface area contributed by atoms with Gasteiger partial charge in [-0.3, -0.25) is 9.59 Å². The highest BCUT2D eigenvalue weighted by Gasteiger charge is 2.46. The molecule has 0 spiro atoms. The van der Waals surface area contributed by atoms with Crippen molar-refractivity contribution in [1.29, 1.82) is 0 Å². The molecule has 0 aromatic heterocycles. The Bertz CT molecular complexity index is 406. The van der Waals surface area contributed by atoms with Crippen molar-refractivity contribution in [2.75, 3.05) is 0 Å². The van der Waals surface area contributed by atoms with Crippen LogP contribution in [-0.4, -0.2) is 47.7 Å². The number of carbonyl (C=O) groups excluding carboxylic acids is 2. The molecular weight excluding hydrogens is 258 g/mol. The Morgan fingerprint density at radius 1 is 1.32 bits per heavy atom. The first-order chi connectivity index (χ1) is 8.86. The number of esters is 2. The summed E-state index contributed by atoms with van der Waals surface area (Å²) in [7, 11) is 0. The molecule has 9 nitrogen and oxygen atoms in total. The van der Waals surface area contributed by atoms with Gasteiger partial charge in [-0.2, -0.15) is 0 Å². The Hall–Kier alpha value is -1.83. The van der Waals surface area contributed by atoms with Crippen molar-refractivity contribution in [2.45, 2.75) is 51.4 Å². The molecule has 3 unspecified atom stereocenters. The van der Waals surface area contributed by atoms with Gasteiger partial charge < -0.3 is 19.3 Å². The maximum Gasteiger partial charge on any atom is 0.305 e. The average molecular weight is 273 g/mol. The number of hydrogen-bond donors (Lipinski definition) is 1. The largest absolute Gasteiger partial charge is 0.453 e. The van der Waals surface area contributed by atoms with Crippen molar-refractivity contribution in [3.8, 4) is 0 Å². The highest BCUT2D eigenvalue weighted by Crippen LogP contribution is 2.26. The van der Waals surface area contributed by atoms with Crippen LogP contribution in [0.3, 0.4) is 0 Å². The van der Waals surface area contributed by atoms with Crippen LogP contribution >= 0.6 is 0 Å². The number of ether oxygens (including phenoxy) is 3. The highest BCUT2D eigenvalue weighted by molar-refractivity contribution is 5.67.